The molecule has 1 N–H and O–H groups in total. The summed E-state index contributed by atoms with van der Waals surface area (Å²) in [6.07, 6.45) is 0.964. The van der Waals surface area contributed by atoms with Crippen molar-refractivity contribution in [2.24, 2.45) is 0 Å². The van der Waals surface area contributed by atoms with Gasteiger partial charge in [0.1, 0.15) is 18.2 Å². The first-order chi connectivity index (χ1) is 16.2. The zero-order valence-corrected chi connectivity index (χ0v) is 20.2. The molecule has 0 bridgehead atoms. The van der Waals surface area contributed by atoms with Crippen molar-refractivity contribution in [1.82, 2.24) is 25.5 Å². The number of hydrogen-bond acceptors (Lipinski definition) is 6. The van der Waals surface area contributed by atoms with Crippen LogP contribution in [0.1, 0.15) is 17.5 Å². The summed E-state index contributed by atoms with van der Waals surface area (Å²) >= 11 is 5.17. The number of para-hydroxylation sites is 1. The van der Waals surface area contributed by atoms with Crippen LogP contribution in [0.2, 0.25) is 0 Å². The molecule has 1 aromatic heterocycles. The molecule has 170 valence electrons. The van der Waals surface area contributed by atoms with Crippen LogP contribution >= 0.6 is 27.7 Å². The minimum absolute atomic E-state index is 0.248. The standard InChI is InChI=1S/C24H23BrFN5OS/c25-20-9-12-23(32-17-18-7-10-21(26)11-8-18)19(15-20)16-27-13-4-14-33-24-28-29-30-31(24)22-5-2-1-3-6-22/h1-3,5-12,15,27H,4,13-14,16-17H2. The molecule has 0 radical (unpaired) electrons. The second kappa shape index (κ2) is 11.9. The van der Waals surface area contributed by atoms with Gasteiger partial charge in [-0.05, 0) is 71.4 Å². The first-order valence-corrected chi connectivity index (χ1v) is 12.3. The van der Waals surface area contributed by atoms with E-state index in [0.717, 1.165) is 50.9 Å². The van der Waals surface area contributed by atoms with Crippen LogP contribution in [0, 0.1) is 5.82 Å². The van der Waals surface area contributed by atoms with Gasteiger partial charge in [0.15, 0.2) is 0 Å². The van der Waals surface area contributed by atoms with E-state index in [1.54, 1.807) is 28.6 Å². The van der Waals surface area contributed by atoms with Gasteiger partial charge in [-0.2, -0.15) is 4.68 Å². The maximum Gasteiger partial charge on any atom is 0.214 e. The van der Waals surface area contributed by atoms with Crippen LogP contribution in [0.4, 0.5) is 4.39 Å². The van der Waals surface area contributed by atoms with Crippen LogP contribution in [0.15, 0.2) is 82.4 Å². The van der Waals surface area contributed by atoms with Gasteiger partial charge in [-0.25, -0.2) is 4.39 Å². The van der Waals surface area contributed by atoms with Crippen molar-refractivity contribution in [2.75, 3.05) is 12.3 Å². The second-order valence-corrected chi connectivity index (χ2v) is 9.23. The Morgan fingerprint density at radius 1 is 1.03 bits per heavy atom. The summed E-state index contributed by atoms with van der Waals surface area (Å²) < 4.78 is 21.8. The van der Waals surface area contributed by atoms with E-state index >= 15 is 0 Å². The second-order valence-electron chi connectivity index (χ2n) is 7.25. The quantitative estimate of drug-likeness (QED) is 0.207. The third-order valence-electron chi connectivity index (χ3n) is 4.82. The number of nitrogens with zero attached hydrogens (tertiary/aromatic N) is 4. The number of tetrazole rings is 1. The van der Waals surface area contributed by atoms with E-state index < -0.39 is 0 Å². The third kappa shape index (κ3) is 6.86. The number of ether oxygens (including phenoxy) is 1. The Balaban J connectivity index is 1.23. The minimum atomic E-state index is -0.248. The van der Waals surface area contributed by atoms with E-state index in [-0.39, 0.29) is 5.82 Å². The zero-order valence-electron chi connectivity index (χ0n) is 17.8. The van der Waals surface area contributed by atoms with E-state index in [1.807, 2.05) is 42.5 Å². The van der Waals surface area contributed by atoms with Crippen LogP contribution in [0.25, 0.3) is 5.69 Å². The van der Waals surface area contributed by atoms with Gasteiger partial charge in [0.25, 0.3) is 0 Å². The molecule has 4 aromatic rings. The van der Waals surface area contributed by atoms with Gasteiger partial charge in [0.05, 0.1) is 5.69 Å². The number of rotatable bonds is 11. The first-order valence-electron chi connectivity index (χ1n) is 10.5. The molecule has 1 heterocycles. The van der Waals surface area contributed by atoms with E-state index in [1.165, 1.54) is 12.1 Å². The van der Waals surface area contributed by atoms with E-state index in [0.29, 0.717) is 13.2 Å². The normalized spacial score (nSPS) is 11.0. The van der Waals surface area contributed by atoms with E-state index in [9.17, 15) is 4.39 Å². The monoisotopic (exact) mass is 527 g/mol. The summed E-state index contributed by atoms with van der Waals surface area (Å²) in [6, 6.07) is 22.2. The third-order valence-corrected chi connectivity index (χ3v) is 6.32. The van der Waals surface area contributed by atoms with Crippen molar-refractivity contribution in [3.63, 3.8) is 0 Å². The van der Waals surface area contributed by atoms with Gasteiger partial charge in [0, 0.05) is 22.3 Å². The molecule has 33 heavy (non-hydrogen) atoms. The SMILES string of the molecule is Fc1ccc(COc2ccc(Br)cc2CNCCCSc2nnnn2-c2ccccc2)cc1. The molecular weight excluding hydrogens is 505 g/mol. The summed E-state index contributed by atoms with van der Waals surface area (Å²) in [7, 11) is 0. The largest absolute Gasteiger partial charge is 0.489 e. The molecule has 0 fully saturated rings. The lowest BCUT2D eigenvalue weighted by atomic mass is 10.2. The van der Waals surface area contributed by atoms with Crippen molar-refractivity contribution < 1.29 is 9.13 Å². The van der Waals surface area contributed by atoms with Gasteiger partial charge >= 0.3 is 0 Å². The van der Waals surface area contributed by atoms with Crippen LogP contribution < -0.4 is 10.1 Å². The van der Waals surface area contributed by atoms with Gasteiger partial charge in [0.2, 0.25) is 5.16 Å². The molecule has 0 saturated carbocycles. The molecule has 3 aromatic carbocycles. The lowest BCUT2D eigenvalue weighted by Gasteiger charge is -2.13. The van der Waals surface area contributed by atoms with Crippen molar-refractivity contribution in [3.05, 3.63) is 94.2 Å². The highest BCUT2D eigenvalue weighted by molar-refractivity contribution is 9.10. The molecule has 6 nitrogen and oxygen atoms in total. The molecule has 0 unspecified atom stereocenters. The summed E-state index contributed by atoms with van der Waals surface area (Å²) in [5.74, 6) is 1.46. The summed E-state index contributed by atoms with van der Waals surface area (Å²) in [5.41, 5.74) is 2.94. The van der Waals surface area contributed by atoms with Crippen LogP contribution in [-0.4, -0.2) is 32.5 Å². The van der Waals surface area contributed by atoms with Gasteiger partial charge < -0.3 is 10.1 Å². The smallest absolute Gasteiger partial charge is 0.214 e. The van der Waals surface area contributed by atoms with E-state index in [2.05, 4.69) is 42.8 Å². The molecular formula is C24H23BrFN5OS. The average molecular weight is 528 g/mol. The summed E-state index contributed by atoms with van der Waals surface area (Å²) in [5, 5.41) is 16.3. The van der Waals surface area contributed by atoms with Gasteiger partial charge in [-0.15, -0.1) is 5.10 Å². The minimum Gasteiger partial charge on any atom is -0.489 e. The highest BCUT2D eigenvalue weighted by Gasteiger charge is 2.09. The predicted molar refractivity (Wildman–Crippen MR) is 131 cm³/mol. The maximum atomic E-state index is 13.1. The Bertz CT molecular complexity index is 1160. The number of hydrogen-bond donors (Lipinski definition) is 1. The van der Waals surface area contributed by atoms with Crippen molar-refractivity contribution in [1.29, 1.82) is 0 Å². The Morgan fingerprint density at radius 2 is 1.85 bits per heavy atom. The molecule has 0 saturated heterocycles. The lowest BCUT2D eigenvalue weighted by molar-refractivity contribution is 0.302. The molecule has 0 amide bonds. The van der Waals surface area contributed by atoms with Crippen LogP contribution in [0.3, 0.4) is 0 Å². The molecule has 0 spiro atoms. The highest BCUT2D eigenvalue weighted by atomic mass is 79.9. The molecule has 0 aliphatic carbocycles. The van der Waals surface area contributed by atoms with Crippen LogP contribution in [0.5, 0.6) is 5.75 Å². The van der Waals surface area contributed by atoms with E-state index in [4.69, 9.17) is 4.74 Å². The van der Waals surface area contributed by atoms with Gasteiger partial charge in [-0.1, -0.05) is 58.0 Å². The zero-order chi connectivity index (χ0) is 22.9. The van der Waals surface area contributed by atoms with Crippen LogP contribution in [-0.2, 0) is 13.2 Å². The lowest BCUT2D eigenvalue weighted by Crippen LogP contribution is -2.16. The Morgan fingerprint density at radius 3 is 2.67 bits per heavy atom. The van der Waals surface area contributed by atoms with Crippen molar-refractivity contribution >= 4 is 27.7 Å². The topological polar surface area (TPSA) is 64.9 Å². The fourth-order valence-corrected chi connectivity index (χ4v) is 4.39. The van der Waals surface area contributed by atoms with Gasteiger partial charge in [-0.3, -0.25) is 0 Å². The Labute approximate surface area is 204 Å². The number of halogens is 2. The van der Waals surface area contributed by atoms with Crippen molar-refractivity contribution in [2.45, 2.75) is 24.7 Å². The summed E-state index contributed by atoms with van der Waals surface area (Å²) in [4.78, 5) is 0. The molecule has 0 aliphatic heterocycles. The fourth-order valence-electron chi connectivity index (χ4n) is 3.15. The molecule has 4 rings (SSSR count). The fraction of sp³-hybridized carbons (Fsp3) is 0.208. The summed E-state index contributed by atoms with van der Waals surface area (Å²) in [6.45, 7) is 1.93. The van der Waals surface area contributed by atoms with Crippen molar-refractivity contribution in [3.8, 4) is 11.4 Å². The number of nitrogens with one attached hydrogen (secondary N) is 1. The molecule has 9 heteroatoms. The highest BCUT2D eigenvalue weighted by Crippen LogP contribution is 2.24. The molecule has 0 aliphatic rings. The Hall–Kier alpha value is -2.75. The number of aromatic nitrogens is 4. The Kier molecular flexibility index (Phi) is 8.46. The first kappa shape index (κ1) is 23.4. The predicted octanol–water partition coefficient (Wildman–Crippen LogP) is 5.41. The number of thioether (sulfide) groups is 1. The average Bonchev–Trinajstić information content (AvgIpc) is 3.31. The maximum absolute atomic E-state index is 13.1. The molecule has 0 atom stereocenters. The number of benzene rings is 3.